The van der Waals surface area contributed by atoms with Gasteiger partial charge in [0.2, 0.25) is 10.0 Å². The minimum absolute atomic E-state index is 0.0394. The highest BCUT2D eigenvalue weighted by molar-refractivity contribution is 7.90. The van der Waals surface area contributed by atoms with E-state index in [4.69, 9.17) is 11.3 Å². The van der Waals surface area contributed by atoms with E-state index in [2.05, 4.69) is 14.9 Å². The van der Waals surface area contributed by atoms with Gasteiger partial charge in [-0.05, 0) is 30.5 Å². The number of hydrogen-bond acceptors (Lipinski definition) is 4. The average molecular weight is 399 g/mol. The number of carbonyl (C=O) groups is 1. The number of sulfonamides is 1. The van der Waals surface area contributed by atoms with Crippen LogP contribution >= 0.6 is 0 Å². The second-order valence-corrected chi connectivity index (χ2v) is 9.09. The number of carbonyl (C=O) groups excluding carboxylic acids is 1. The Morgan fingerprint density at radius 1 is 1.11 bits per heavy atom. The van der Waals surface area contributed by atoms with E-state index in [0.717, 1.165) is 16.7 Å². The fourth-order valence-electron chi connectivity index (χ4n) is 2.91. The highest BCUT2D eigenvalue weighted by Gasteiger charge is 2.34. The summed E-state index contributed by atoms with van der Waals surface area (Å²) in [5.74, 6) is 0. The molecule has 0 aromatic heterocycles. The number of hydrogen-bond donors (Lipinski definition) is 2. The number of nitrogens with zero attached hydrogens (tertiary/aromatic N) is 1. The molecule has 7 nitrogen and oxygen atoms in total. The lowest BCUT2D eigenvalue weighted by atomic mass is 9.96. The molecule has 8 heteroatoms. The van der Waals surface area contributed by atoms with E-state index in [-0.39, 0.29) is 6.61 Å². The molecule has 2 aromatic carbocycles. The summed E-state index contributed by atoms with van der Waals surface area (Å²) in [5, 5.41) is 2.11. The predicted octanol–water partition coefficient (Wildman–Crippen LogP) is 3.38. The first-order valence-electron chi connectivity index (χ1n) is 8.82. The Morgan fingerprint density at radius 2 is 1.68 bits per heavy atom. The van der Waals surface area contributed by atoms with Gasteiger partial charge in [-0.2, -0.15) is 0 Å². The van der Waals surface area contributed by atoms with E-state index in [1.807, 2.05) is 36.4 Å². The molecule has 2 aromatic rings. The fourth-order valence-corrected chi connectivity index (χ4v) is 3.81. The zero-order valence-corrected chi connectivity index (χ0v) is 16.4. The van der Waals surface area contributed by atoms with Gasteiger partial charge in [0, 0.05) is 0 Å². The Balaban J connectivity index is 1.84. The van der Waals surface area contributed by atoms with Crippen molar-refractivity contribution in [2.75, 3.05) is 6.61 Å². The van der Waals surface area contributed by atoms with Crippen LogP contribution in [0.5, 0.6) is 0 Å². The Bertz CT molecular complexity index is 993. The van der Waals surface area contributed by atoms with E-state index >= 15 is 0 Å². The number of benzene rings is 2. The van der Waals surface area contributed by atoms with Gasteiger partial charge in [0.1, 0.15) is 6.61 Å². The van der Waals surface area contributed by atoms with Crippen LogP contribution < -0.4 is 10.0 Å². The molecule has 0 aliphatic carbocycles. The molecule has 3 rings (SSSR count). The summed E-state index contributed by atoms with van der Waals surface area (Å²) in [5.41, 5.74) is 3.27. The van der Waals surface area contributed by atoms with E-state index in [0.29, 0.717) is 5.69 Å². The maximum Gasteiger partial charge on any atom is 0.407 e. The molecule has 28 heavy (non-hydrogen) atoms. The van der Waals surface area contributed by atoms with Gasteiger partial charge in [0.05, 0.1) is 23.9 Å². The van der Waals surface area contributed by atoms with Gasteiger partial charge in [-0.3, -0.25) is 0 Å². The quantitative estimate of drug-likeness (QED) is 0.755. The lowest BCUT2D eigenvalue weighted by molar-refractivity contribution is 0.0996. The molecule has 0 saturated carbocycles. The summed E-state index contributed by atoms with van der Waals surface area (Å²) in [6.07, 6.45) is -0.580. The minimum Gasteiger partial charge on any atom is -0.448 e. The first kappa shape index (κ1) is 19.9. The SMILES string of the molecule is [C-]#[N+]c1ccc(-c2ccc(C3NC(=O)OCC3NS(=O)(=O)C(C)C)cc2)cc1. The van der Waals surface area contributed by atoms with Gasteiger partial charge in [-0.1, -0.05) is 48.5 Å². The molecule has 2 N–H and O–H groups in total. The van der Waals surface area contributed by atoms with E-state index < -0.39 is 33.5 Å². The third-order valence-corrected chi connectivity index (χ3v) is 6.48. The van der Waals surface area contributed by atoms with Crippen molar-refractivity contribution in [3.8, 4) is 11.1 Å². The molecule has 1 heterocycles. The number of nitrogens with one attached hydrogen (secondary N) is 2. The minimum atomic E-state index is -3.52. The first-order chi connectivity index (χ1) is 13.3. The van der Waals surface area contributed by atoms with Crippen LogP contribution in [0.2, 0.25) is 0 Å². The summed E-state index contributed by atoms with van der Waals surface area (Å²) >= 11 is 0. The summed E-state index contributed by atoms with van der Waals surface area (Å²) in [6.45, 7) is 10.2. The zero-order chi connectivity index (χ0) is 20.3. The van der Waals surface area contributed by atoms with Crippen molar-refractivity contribution in [1.82, 2.24) is 10.0 Å². The fraction of sp³-hybridized carbons (Fsp3) is 0.300. The van der Waals surface area contributed by atoms with Crippen molar-refractivity contribution in [2.24, 2.45) is 0 Å². The third kappa shape index (κ3) is 4.32. The van der Waals surface area contributed by atoms with Crippen LogP contribution in [0.15, 0.2) is 48.5 Å². The van der Waals surface area contributed by atoms with Crippen LogP contribution in [-0.2, 0) is 14.8 Å². The lowest BCUT2D eigenvalue weighted by Crippen LogP contribution is -2.54. The van der Waals surface area contributed by atoms with Crippen LogP contribution in [-0.4, -0.2) is 32.4 Å². The summed E-state index contributed by atoms with van der Waals surface area (Å²) in [7, 11) is -3.52. The summed E-state index contributed by atoms with van der Waals surface area (Å²) < 4.78 is 32.1. The van der Waals surface area contributed by atoms with Crippen LogP contribution in [0.3, 0.4) is 0 Å². The number of alkyl carbamates (subject to hydrolysis) is 1. The van der Waals surface area contributed by atoms with Crippen LogP contribution in [0.4, 0.5) is 10.5 Å². The monoisotopic (exact) mass is 399 g/mol. The van der Waals surface area contributed by atoms with Crippen molar-refractivity contribution in [3.05, 3.63) is 65.5 Å². The Morgan fingerprint density at radius 3 is 2.21 bits per heavy atom. The number of rotatable bonds is 5. The molecule has 0 spiro atoms. The topological polar surface area (TPSA) is 88.9 Å². The lowest BCUT2D eigenvalue weighted by Gasteiger charge is -2.33. The van der Waals surface area contributed by atoms with Gasteiger partial charge in [-0.15, -0.1) is 0 Å². The number of cyclic esters (lactones) is 1. The zero-order valence-electron chi connectivity index (χ0n) is 15.5. The normalized spacial score (nSPS) is 19.6. The van der Waals surface area contributed by atoms with Crippen molar-refractivity contribution in [2.45, 2.75) is 31.2 Å². The second-order valence-electron chi connectivity index (χ2n) is 6.82. The van der Waals surface area contributed by atoms with Crippen LogP contribution in [0.1, 0.15) is 25.5 Å². The highest BCUT2D eigenvalue weighted by atomic mass is 32.2. The van der Waals surface area contributed by atoms with E-state index in [1.165, 1.54) is 0 Å². The average Bonchev–Trinajstić information content (AvgIpc) is 2.69. The molecule has 1 aliphatic rings. The molecule has 1 aliphatic heterocycles. The molecule has 146 valence electrons. The summed E-state index contributed by atoms with van der Waals surface area (Å²) in [4.78, 5) is 15.1. The molecular formula is C20H21N3O4S. The molecular weight excluding hydrogens is 378 g/mol. The van der Waals surface area contributed by atoms with Crippen molar-refractivity contribution in [3.63, 3.8) is 0 Å². The molecule has 1 saturated heterocycles. The van der Waals surface area contributed by atoms with Gasteiger partial charge in [-0.25, -0.2) is 22.8 Å². The number of ether oxygens (including phenoxy) is 1. The maximum absolute atomic E-state index is 12.2. The first-order valence-corrected chi connectivity index (χ1v) is 10.4. The molecule has 2 atom stereocenters. The second kappa shape index (κ2) is 8.00. The standard InChI is InChI=1S/C20H21N3O4S/c1-13(2)28(25,26)23-18-12-27-20(24)22-19(18)16-6-4-14(5-7-16)15-8-10-17(21-3)11-9-15/h4-11,13,18-19,23H,12H2,1-2H3,(H,22,24). The van der Waals surface area contributed by atoms with Crippen molar-refractivity contribution in [1.29, 1.82) is 0 Å². The highest BCUT2D eigenvalue weighted by Crippen LogP contribution is 2.27. The Hall–Kier alpha value is -2.89. The van der Waals surface area contributed by atoms with Crippen molar-refractivity contribution < 1.29 is 17.9 Å². The van der Waals surface area contributed by atoms with E-state index in [9.17, 15) is 13.2 Å². The Kier molecular flexibility index (Phi) is 5.68. The summed E-state index contributed by atoms with van der Waals surface area (Å²) in [6, 6.07) is 13.6. The van der Waals surface area contributed by atoms with Gasteiger partial charge in [0.15, 0.2) is 5.69 Å². The largest absolute Gasteiger partial charge is 0.448 e. The van der Waals surface area contributed by atoms with Gasteiger partial charge >= 0.3 is 6.09 Å². The smallest absolute Gasteiger partial charge is 0.407 e. The third-order valence-electron chi connectivity index (χ3n) is 4.61. The predicted molar refractivity (Wildman–Crippen MR) is 106 cm³/mol. The van der Waals surface area contributed by atoms with Crippen LogP contribution in [0, 0.1) is 6.57 Å². The number of amides is 1. The van der Waals surface area contributed by atoms with Crippen LogP contribution in [0.25, 0.3) is 16.0 Å². The van der Waals surface area contributed by atoms with Gasteiger partial charge < -0.3 is 10.1 Å². The molecule has 1 amide bonds. The van der Waals surface area contributed by atoms with E-state index in [1.54, 1.807) is 26.0 Å². The maximum atomic E-state index is 12.2. The Labute approximate surface area is 164 Å². The van der Waals surface area contributed by atoms with Gasteiger partial charge in [0.25, 0.3) is 0 Å². The molecule has 0 bridgehead atoms. The van der Waals surface area contributed by atoms with Crippen molar-refractivity contribution >= 4 is 21.8 Å². The molecule has 1 fully saturated rings. The molecule has 2 unspecified atom stereocenters. The molecule has 0 radical (unpaired) electrons.